The lowest BCUT2D eigenvalue weighted by Crippen LogP contribution is -2.26. The van der Waals surface area contributed by atoms with E-state index in [4.69, 9.17) is 35.5 Å². The number of furan rings is 2. The number of halogens is 2. The van der Waals surface area contributed by atoms with E-state index in [-0.39, 0.29) is 23.5 Å². The number of nitrogens with zero attached hydrogens (tertiary/aromatic N) is 12. The third-order valence-corrected chi connectivity index (χ3v) is 11.9. The Bertz CT molecular complexity index is 3010. The second-order valence-corrected chi connectivity index (χ2v) is 18.3. The average Bonchev–Trinajstić information content (AvgIpc) is 4.21. The first-order chi connectivity index (χ1) is 33.9. The van der Waals surface area contributed by atoms with Gasteiger partial charge in [0.1, 0.15) is 37.1 Å². The van der Waals surface area contributed by atoms with E-state index in [0.717, 1.165) is 66.9 Å². The monoisotopic (exact) mass is 984 g/mol. The Balaban J connectivity index is 0.000000152. The van der Waals surface area contributed by atoms with E-state index in [1.807, 2.05) is 48.5 Å². The third-order valence-electron chi connectivity index (χ3n) is 11.0. The summed E-state index contributed by atoms with van der Waals surface area (Å²) in [5, 5.41) is 11.1. The summed E-state index contributed by atoms with van der Waals surface area (Å²) in [5.74, 6) is 4.11. The fourth-order valence-electron chi connectivity index (χ4n) is 7.41. The van der Waals surface area contributed by atoms with Gasteiger partial charge in [0, 0.05) is 52.1 Å². The normalized spacial score (nSPS) is 16.2. The number of aromatic nitrogens is 10. The predicted octanol–water partition coefficient (Wildman–Crippen LogP) is 3.81. The first kappa shape index (κ1) is 49.1. The smallest absolute Gasteiger partial charge is 0.259 e. The number of sulfone groups is 1. The molecule has 8 heterocycles. The summed E-state index contributed by atoms with van der Waals surface area (Å²) >= 11 is 0. The summed E-state index contributed by atoms with van der Waals surface area (Å²) in [6.45, 7) is 6.72. The first-order valence-electron chi connectivity index (χ1n) is 22.6. The number of hydrogen-bond donors (Lipinski definition) is 4. The quantitative estimate of drug-likeness (QED) is 0.101. The van der Waals surface area contributed by atoms with Gasteiger partial charge in [-0.05, 0) is 91.9 Å². The number of likely N-dealkylation sites (tertiary alicyclic amines) is 2. The van der Waals surface area contributed by atoms with Crippen LogP contribution in [-0.4, -0.2) is 152 Å². The molecule has 370 valence electrons. The highest BCUT2D eigenvalue weighted by Crippen LogP contribution is 2.21. The van der Waals surface area contributed by atoms with Gasteiger partial charge >= 0.3 is 0 Å². The summed E-state index contributed by atoms with van der Waals surface area (Å²) in [5.41, 5.74) is 19.5. The molecule has 2 aliphatic heterocycles. The molecule has 2 saturated heterocycles. The van der Waals surface area contributed by atoms with Crippen molar-refractivity contribution >= 4 is 39.2 Å². The van der Waals surface area contributed by atoms with Gasteiger partial charge in [0.05, 0.1) is 12.5 Å². The number of nitrogen functional groups attached to an aromatic ring is 2. The maximum Gasteiger partial charge on any atom is 0.259 e. The summed E-state index contributed by atoms with van der Waals surface area (Å²) in [7, 11) is -3.57. The Morgan fingerprint density at radius 3 is 1.64 bits per heavy atom. The minimum absolute atomic E-state index is 0.0410. The van der Waals surface area contributed by atoms with Crippen molar-refractivity contribution in [1.29, 1.82) is 0 Å². The molecular weight excluding hydrogens is 931 g/mol. The minimum Gasteiger partial charge on any atom is -0.492 e. The predicted molar refractivity (Wildman–Crippen MR) is 255 cm³/mol. The molecule has 0 aliphatic carbocycles. The molecule has 2 aromatic carbocycles. The van der Waals surface area contributed by atoms with E-state index in [1.165, 1.54) is 16.3 Å². The lowest BCUT2D eigenvalue weighted by atomic mass is 10.1. The maximum absolute atomic E-state index is 13.2. The van der Waals surface area contributed by atoms with Gasteiger partial charge in [0.15, 0.2) is 11.5 Å². The molecule has 2 aliphatic rings. The van der Waals surface area contributed by atoms with Crippen LogP contribution in [0.2, 0.25) is 0 Å². The lowest BCUT2D eigenvalue weighted by molar-refractivity contribution is 0.224. The Hall–Kier alpha value is -7.35. The van der Waals surface area contributed by atoms with Crippen LogP contribution in [0.5, 0.6) is 11.5 Å². The van der Waals surface area contributed by atoms with Crippen LogP contribution < -0.4 is 32.0 Å². The molecule has 2 fully saturated rings. The van der Waals surface area contributed by atoms with E-state index < -0.39 is 27.3 Å². The second-order valence-electron chi connectivity index (χ2n) is 16.4. The summed E-state index contributed by atoms with van der Waals surface area (Å²) in [6, 6.07) is 22.8. The van der Waals surface area contributed by atoms with Gasteiger partial charge in [-0.25, -0.2) is 17.2 Å². The van der Waals surface area contributed by atoms with Gasteiger partial charge in [0.2, 0.25) is 39.3 Å². The van der Waals surface area contributed by atoms with Crippen molar-refractivity contribution in [3.63, 3.8) is 0 Å². The van der Waals surface area contributed by atoms with Gasteiger partial charge in [-0.15, -0.1) is 10.2 Å². The molecule has 0 radical (unpaired) electrons. The van der Waals surface area contributed by atoms with Crippen LogP contribution in [0.4, 0.5) is 26.6 Å². The number of nitrogens with one attached hydrogen (secondary N) is 1. The molecule has 0 amide bonds. The van der Waals surface area contributed by atoms with Crippen LogP contribution in [0.3, 0.4) is 0 Å². The van der Waals surface area contributed by atoms with Crippen LogP contribution >= 0.6 is 0 Å². The number of ether oxygens (including phenoxy) is 2. The van der Waals surface area contributed by atoms with Crippen LogP contribution in [0.15, 0.2) is 99.3 Å². The van der Waals surface area contributed by atoms with E-state index in [0.29, 0.717) is 81.3 Å². The van der Waals surface area contributed by atoms with Crippen LogP contribution in [0.1, 0.15) is 24.0 Å². The first-order valence-corrected chi connectivity index (χ1v) is 24.4. The molecule has 70 heavy (non-hydrogen) atoms. The molecule has 0 saturated carbocycles. The Morgan fingerprint density at radius 2 is 1.19 bits per heavy atom. The molecule has 10 rings (SSSR count). The number of nitrogens with two attached hydrogens (primary N) is 3. The van der Waals surface area contributed by atoms with Crippen molar-refractivity contribution < 1.29 is 35.5 Å². The van der Waals surface area contributed by atoms with Crippen molar-refractivity contribution in [1.82, 2.24) is 58.9 Å². The molecule has 2 atom stereocenters. The van der Waals surface area contributed by atoms with Gasteiger partial charge in [0.25, 0.3) is 16.7 Å². The van der Waals surface area contributed by atoms with Crippen LogP contribution in [-0.2, 0) is 22.7 Å². The van der Waals surface area contributed by atoms with Crippen molar-refractivity contribution in [2.75, 3.05) is 88.6 Å². The number of hydrogen-bond acceptors (Lipinski definition) is 20. The van der Waals surface area contributed by atoms with Crippen molar-refractivity contribution in [3.8, 4) is 34.7 Å². The standard InChI is InChI=1S/C22H25FN8O2.C14H21FN2O.C9H8N6O3S/c23-16-8-10-30(14-16)11-13-32-17-5-3-15(4-6-17)7-9-25-21-27-20(24)31-22(28-21)26-19(29-31)18-2-1-12-33-18;15-13-6-8-17(11-13)9-10-18-14-3-1-12(2-4-14)5-7-16;1-19(16,17)9-12-7(10)15-8(13-9)11-6(14-15)5-3-2-4-18-5/h1-6,12,16H,7-11,13-14H2,(H3,24,25,26,27,28,29);1-4,13H,5-11,16H2;2-4H,1H3,(H2,10,11,12,13,14)/t16-;13-;/m11./s1. The number of anilines is 3. The number of alkyl halides is 2. The number of benzene rings is 2. The van der Waals surface area contributed by atoms with Gasteiger partial charge in [-0.3, -0.25) is 9.80 Å². The zero-order valence-corrected chi connectivity index (χ0v) is 39.2. The molecule has 7 N–H and O–H groups in total. The molecule has 0 bridgehead atoms. The second kappa shape index (κ2) is 22.8. The Kier molecular flexibility index (Phi) is 16.0. The maximum atomic E-state index is 13.2. The fourth-order valence-corrected chi connectivity index (χ4v) is 7.92. The minimum atomic E-state index is -3.57. The summed E-state index contributed by atoms with van der Waals surface area (Å²) in [4.78, 5) is 28.7. The highest BCUT2D eigenvalue weighted by molar-refractivity contribution is 7.90. The summed E-state index contributed by atoms with van der Waals surface area (Å²) < 4.78 is 73.4. The van der Waals surface area contributed by atoms with Crippen LogP contribution in [0.25, 0.3) is 34.7 Å². The Labute approximate surface area is 401 Å². The van der Waals surface area contributed by atoms with Gasteiger partial charge in [-0.2, -0.15) is 38.9 Å². The number of rotatable bonds is 17. The zero-order chi connectivity index (χ0) is 49.0. The van der Waals surface area contributed by atoms with E-state index in [9.17, 15) is 17.2 Å². The largest absolute Gasteiger partial charge is 0.492 e. The Morgan fingerprint density at radius 1 is 0.686 bits per heavy atom. The molecule has 0 unspecified atom stereocenters. The highest BCUT2D eigenvalue weighted by atomic mass is 32.2. The summed E-state index contributed by atoms with van der Waals surface area (Å²) in [6.07, 6.45) is 5.61. The average molecular weight is 985 g/mol. The van der Waals surface area contributed by atoms with Gasteiger partial charge in [-0.1, -0.05) is 24.3 Å². The van der Waals surface area contributed by atoms with Crippen molar-refractivity contribution in [2.24, 2.45) is 5.73 Å². The number of fused-ring (bicyclic) bond motifs is 2. The van der Waals surface area contributed by atoms with Crippen molar-refractivity contribution in [3.05, 3.63) is 96.4 Å². The fraction of sp³-hybridized carbons (Fsp3) is 0.378. The topological polar surface area (TPSA) is 287 Å². The lowest BCUT2D eigenvalue weighted by Gasteiger charge is -2.15. The van der Waals surface area contributed by atoms with Crippen molar-refractivity contribution in [2.45, 2.75) is 43.2 Å². The molecule has 0 spiro atoms. The third kappa shape index (κ3) is 13.2. The van der Waals surface area contributed by atoms with E-state index in [1.54, 1.807) is 30.5 Å². The zero-order valence-electron chi connectivity index (χ0n) is 38.3. The highest BCUT2D eigenvalue weighted by Gasteiger charge is 2.23. The van der Waals surface area contributed by atoms with Gasteiger partial charge < -0.3 is 40.8 Å². The molecule has 22 nitrogen and oxygen atoms in total. The molecular formula is C45H54F2N16O6S. The van der Waals surface area contributed by atoms with E-state index in [2.05, 4.69) is 55.2 Å². The SMILES string of the molecule is CS(=O)(=O)c1nc(N)n2nc(-c3ccco3)nc2n1.NCCc1ccc(OCCN2CC[C@@H](F)C2)cc1.Nc1nc(NCCc2ccc(OCCN3CC[C@@H](F)C3)cc2)nc2nc(-c3ccco3)nn12. The molecule has 6 aromatic heterocycles. The molecule has 25 heteroatoms. The molecule has 8 aromatic rings. The van der Waals surface area contributed by atoms with Crippen LogP contribution in [0, 0.1) is 0 Å². The van der Waals surface area contributed by atoms with E-state index >= 15 is 0 Å².